The van der Waals surface area contributed by atoms with Gasteiger partial charge in [-0.15, -0.1) is 0 Å². The number of nitrogen functional groups attached to an aromatic ring is 1. The van der Waals surface area contributed by atoms with Crippen LogP contribution in [0.4, 0.5) is 5.69 Å². The number of nitrogens with zero attached hydrogens (tertiary/aromatic N) is 1. The smallest absolute Gasteiger partial charge is 0.374 e. The molecule has 0 unspecified atom stereocenters. The van der Waals surface area contributed by atoms with Crippen LogP contribution in [0, 0.1) is 0 Å². The molecule has 1 fully saturated rings. The van der Waals surface area contributed by atoms with Gasteiger partial charge in [-0.25, -0.2) is 4.79 Å². The van der Waals surface area contributed by atoms with Crippen LogP contribution in [0.1, 0.15) is 47.8 Å². The highest BCUT2D eigenvalue weighted by Gasteiger charge is 2.28. The van der Waals surface area contributed by atoms with Gasteiger partial charge in [0.05, 0.1) is 16.8 Å². The summed E-state index contributed by atoms with van der Waals surface area (Å²) in [6.45, 7) is 0. The van der Waals surface area contributed by atoms with Gasteiger partial charge in [-0.1, -0.05) is 12.8 Å². The van der Waals surface area contributed by atoms with Crippen LogP contribution in [0.5, 0.6) is 0 Å². The molecule has 0 atom stereocenters. The molecule has 0 bridgehead atoms. The largest absolute Gasteiger partial charge is 0.475 e. The van der Waals surface area contributed by atoms with E-state index in [0.717, 1.165) is 23.9 Å². The lowest BCUT2D eigenvalue weighted by molar-refractivity contribution is 0.0667. The van der Waals surface area contributed by atoms with Crippen LogP contribution in [-0.2, 0) is 0 Å². The lowest BCUT2D eigenvalue weighted by Crippen LogP contribution is -2.00. The molecule has 3 rings (SSSR count). The van der Waals surface area contributed by atoms with E-state index in [1.54, 1.807) is 0 Å². The van der Waals surface area contributed by atoms with Gasteiger partial charge in [0.25, 0.3) is 0 Å². The molecule has 0 amide bonds. The van der Waals surface area contributed by atoms with Crippen LogP contribution in [0.15, 0.2) is 4.42 Å². The van der Waals surface area contributed by atoms with E-state index in [2.05, 4.69) is 4.37 Å². The molecule has 0 saturated heterocycles. The van der Waals surface area contributed by atoms with E-state index in [1.807, 2.05) is 0 Å². The number of nitrogens with two attached hydrogens (primary N) is 1. The number of carboxylic acid groups (broad SMARTS) is 1. The van der Waals surface area contributed by atoms with Crippen molar-refractivity contribution in [2.45, 2.75) is 31.6 Å². The quantitative estimate of drug-likeness (QED) is 0.857. The Morgan fingerprint density at radius 1 is 1.47 bits per heavy atom. The third kappa shape index (κ3) is 1.51. The standard InChI is InChI=1S/C11H12N2O3S/c12-7-6-8(5-3-1-2-4-5)13-17-11(6)16-9(7)10(14)15/h5H,1-4,12H2,(H,14,15). The molecule has 1 saturated carbocycles. The van der Waals surface area contributed by atoms with Gasteiger partial charge in [0.1, 0.15) is 0 Å². The van der Waals surface area contributed by atoms with Gasteiger partial charge < -0.3 is 15.3 Å². The minimum Gasteiger partial charge on any atom is -0.475 e. The first-order valence-electron chi connectivity index (χ1n) is 5.59. The Kier molecular flexibility index (Phi) is 2.32. The van der Waals surface area contributed by atoms with Crippen LogP contribution in [0.3, 0.4) is 0 Å². The van der Waals surface area contributed by atoms with E-state index in [9.17, 15) is 4.79 Å². The molecule has 0 aliphatic heterocycles. The van der Waals surface area contributed by atoms with Gasteiger partial charge in [-0.3, -0.25) is 0 Å². The summed E-state index contributed by atoms with van der Waals surface area (Å²) in [4.78, 5) is 11.5. The van der Waals surface area contributed by atoms with Crippen molar-refractivity contribution in [2.75, 3.05) is 5.73 Å². The highest BCUT2D eigenvalue weighted by atomic mass is 32.1. The molecule has 2 heterocycles. The second-order valence-corrected chi connectivity index (χ2v) is 5.10. The summed E-state index contributed by atoms with van der Waals surface area (Å²) in [5, 5.41) is 9.67. The lowest BCUT2D eigenvalue weighted by Gasteiger charge is -2.04. The zero-order chi connectivity index (χ0) is 12.0. The van der Waals surface area contributed by atoms with E-state index < -0.39 is 5.97 Å². The SMILES string of the molecule is Nc1c(C(=O)O)oc2snc(C3CCCC3)c12. The maximum absolute atomic E-state index is 10.9. The van der Waals surface area contributed by atoms with Gasteiger partial charge in [0.2, 0.25) is 10.7 Å². The Labute approximate surface area is 101 Å². The third-order valence-electron chi connectivity index (χ3n) is 3.33. The maximum Gasteiger partial charge on any atom is 0.374 e. The van der Waals surface area contributed by atoms with Gasteiger partial charge >= 0.3 is 5.97 Å². The van der Waals surface area contributed by atoms with Crippen molar-refractivity contribution in [2.24, 2.45) is 0 Å². The molecule has 2 aromatic rings. The molecule has 2 aromatic heterocycles. The van der Waals surface area contributed by atoms with Crippen LogP contribution in [-0.4, -0.2) is 15.4 Å². The predicted octanol–water partition coefficient (Wildman–Crippen LogP) is 2.83. The molecule has 1 aliphatic carbocycles. The highest BCUT2D eigenvalue weighted by molar-refractivity contribution is 7.12. The summed E-state index contributed by atoms with van der Waals surface area (Å²) >= 11 is 1.19. The number of hydrogen-bond acceptors (Lipinski definition) is 5. The van der Waals surface area contributed by atoms with E-state index in [0.29, 0.717) is 10.8 Å². The second kappa shape index (κ2) is 3.73. The Balaban J connectivity index is 2.16. The van der Waals surface area contributed by atoms with Crippen molar-refractivity contribution in [3.63, 3.8) is 0 Å². The van der Waals surface area contributed by atoms with Crippen LogP contribution in [0.2, 0.25) is 0 Å². The average Bonchev–Trinajstić information content (AvgIpc) is 2.95. The molecule has 0 spiro atoms. The van der Waals surface area contributed by atoms with Gasteiger partial charge in [0.15, 0.2) is 0 Å². The fourth-order valence-corrected chi connectivity index (χ4v) is 3.35. The summed E-state index contributed by atoms with van der Waals surface area (Å²) in [6, 6.07) is 0. The minimum atomic E-state index is -1.12. The summed E-state index contributed by atoms with van der Waals surface area (Å²) < 4.78 is 9.61. The number of anilines is 1. The predicted molar refractivity (Wildman–Crippen MR) is 64.5 cm³/mol. The number of fused-ring (bicyclic) bond motifs is 1. The number of rotatable bonds is 2. The molecule has 1 aliphatic rings. The van der Waals surface area contributed by atoms with Crippen LogP contribution >= 0.6 is 11.5 Å². The molecule has 90 valence electrons. The van der Waals surface area contributed by atoms with Crippen molar-refractivity contribution in [3.8, 4) is 0 Å². The summed E-state index contributed by atoms with van der Waals surface area (Å²) in [7, 11) is 0. The Morgan fingerprint density at radius 2 is 2.18 bits per heavy atom. The van der Waals surface area contributed by atoms with E-state index >= 15 is 0 Å². The molecule has 6 heteroatoms. The van der Waals surface area contributed by atoms with Crippen molar-refractivity contribution in [1.82, 2.24) is 4.37 Å². The fourth-order valence-electron chi connectivity index (χ4n) is 2.50. The number of aromatic carboxylic acids is 1. The second-order valence-electron chi connectivity index (χ2n) is 4.36. The Hall–Kier alpha value is -1.56. The monoisotopic (exact) mass is 252 g/mol. The molecule has 17 heavy (non-hydrogen) atoms. The maximum atomic E-state index is 10.9. The molecule has 0 radical (unpaired) electrons. The first-order valence-corrected chi connectivity index (χ1v) is 6.36. The first-order chi connectivity index (χ1) is 8.18. The van der Waals surface area contributed by atoms with Gasteiger partial charge in [0, 0.05) is 17.5 Å². The van der Waals surface area contributed by atoms with E-state index in [-0.39, 0.29) is 11.4 Å². The molecular formula is C11H12N2O3S. The van der Waals surface area contributed by atoms with Crippen molar-refractivity contribution < 1.29 is 14.3 Å². The number of carbonyl (C=O) groups is 1. The minimum absolute atomic E-state index is 0.159. The number of aromatic nitrogens is 1. The zero-order valence-corrected chi connectivity index (χ0v) is 9.92. The van der Waals surface area contributed by atoms with Crippen molar-refractivity contribution in [1.29, 1.82) is 0 Å². The zero-order valence-electron chi connectivity index (χ0n) is 9.10. The Bertz CT molecular complexity index is 581. The summed E-state index contributed by atoms with van der Waals surface area (Å²) in [5.41, 5.74) is 7.00. The number of carboxylic acids is 1. The van der Waals surface area contributed by atoms with Crippen LogP contribution in [0.25, 0.3) is 10.3 Å². The van der Waals surface area contributed by atoms with Gasteiger partial charge in [-0.05, 0) is 12.8 Å². The topological polar surface area (TPSA) is 89.4 Å². The Morgan fingerprint density at radius 3 is 2.82 bits per heavy atom. The van der Waals surface area contributed by atoms with Crippen molar-refractivity contribution in [3.05, 3.63) is 11.5 Å². The fraction of sp³-hybridized carbons (Fsp3) is 0.455. The van der Waals surface area contributed by atoms with E-state index in [4.69, 9.17) is 15.3 Å². The first kappa shape index (κ1) is 10.6. The molecule has 5 nitrogen and oxygen atoms in total. The molecular weight excluding hydrogens is 240 g/mol. The third-order valence-corrected chi connectivity index (χ3v) is 4.07. The molecule has 0 aromatic carbocycles. The van der Waals surface area contributed by atoms with Gasteiger partial charge in [-0.2, -0.15) is 4.37 Å². The number of furan rings is 1. The number of hydrogen-bond donors (Lipinski definition) is 2. The normalized spacial score (nSPS) is 16.9. The van der Waals surface area contributed by atoms with Crippen LogP contribution < -0.4 is 5.73 Å². The van der Waals surface area contributed by atoms with E-state index in [1.165, 1.54) is 24.4 Å². The lowest BCUT2D eigenvalue weighted by atomic mass is 10.0. The molecule has 3 N–H and O–H groups in total. The summed E-state index contributed by atoms with van der Waals surface area (Å²) in [5.74, 6) is -0.874. The van der Waals surface area contributed by atoms with Crippen molar-refractivity contribution >= 4 is 33.5 Å². The average molecular weight is 252 g/mol. The summed E-state index contributed by atoms with van der Waals surface area (Å²) in [6.07, 6.45) is 4.61. The highest BCUT2D eigenvalue weighted by Crippen LogP contribution is 2.42.